The van der Waals surface area contributed by atoms with Crippen molar-refractivity contribution in [3.8, 4) is 5.82 Å². The van der Waals surface area contributed by atoms with Crippen LogP contribution in [0.25, 0.3) is 5.82 Å². The van der Waals surface area contributed by atoms with Gasteiger partial charge in [0.1, 0.15) is 5.82 Å². The normalized spacial score (nSPS) is 10.3. The molecule has 0 atom stereocenters. The van der Waals surface area contributed by atoms with Gasteiger partial charge in [0.15, 0.2) is 0 Å². The van der Waals surface area contributed by atoms with Gasteiger partial charge in [-0.15, -0.1) is 0 Å². The van der Waals surface area contributed by atoms with Crippen molar-refractivity contribution >= 4 is 5.95 Å². The maximum Gasteiger partial charge on any atom is 0.208 e. The molecule has 0 aliphatic rings. The lowest BCUT2D eigenvalue weighted by Gasteiger charge is -2.06. The zero-order valence-electron chi connectivity index (χ0n) is 8.94. The van der Waals surface area contributed by atoms with Gasteiger partial charge in [0.05, 0.1) is 5.69 Å². The number of pyridine rings is 1. The van der Waals surface area contributed by atoms with Crippen LogP contribution in [0.5, 0.6) is 0 Å². The second-order valence-electron chi connectivity index (χ2n) is 3.29. The molecule has 0 unspecified atom stereocenters. The number of hydrogen-bond acceptors (Lipinski definition) is 3. The highest BCUT2D eigenvalue weighted by Crippen LogP contribution is 2.13. The monoisotopic (exact) mass is 202 g/mol. The largest absolute Gasteiger partial charge is 0.356 e. The predicted octanol–water partition coefficient (Wildman–Crippen LogP) is 2.01. The fraction of sp³-hybridized carbons (Fsp3) is 0.273. The molecule has 0 aliphatic heterocycles. The first-order chi connectivity index (χ1) is 7.31. The molecule has 0 bridgehead atoms. The lowest BCUT2D eigenvalue weighted by molar-refractivity contribution is 0.977. The van der Waals surface area contributed by atoms with Crippen molar-refractivity contribution in [3.63, 3.8) is 0 Å². The SMILES string of the molecule is CCNc1nc(C)cn1-c1ccccn1. The average Bonchev–Trinajstić information content (AvgIpc) is 2.62. The second-order valence-corrected chi connectivity index (χ2v) is 3.29. The standard InChI is InChI=1S/C11H14N4/c1-3-12-11-14-9(2)8-15(11)10-6-4-5-7-13-10/h4-8H,3H2,1-2H3,(H,12,14). The Kier molecular flexibility index (Phi) is 2.67. The first kappa shape index (κ1) is 9.71. The zero-order chi connectivity index (χ0) is 10.7. The van der Waals surface area contributed by atoms with E-state index in [1.807, 2.05) is 42.8 Å². The zero-order valence-corrected chi connectivity index (χ0v) is 8.94. The summed E-state index contributed by atoms with van der Waals surface area (Å²) >= 11 is 0. The Hall–Kier alpha value is -1.84. The van der Waals surface area contributed by atoms with Crippen LogP contribution in [0.4, 0.5) is 5.95 Å². The summed E-state index contributed by atoms with van der Waals surface area (Å²) in [5.74, 6) is 1.72. The smallest absolute Gasteiger partial charge is 0.208 e. The Labute approximate surface area is 89.0 Å². The van der Waals surface area contributed by atoms with Crippen molar-refractivity contribution in [2.75, 3.05) is 11.9 Å². The van der Waals surface area contributed by atoms with Gasteiger partial charge in [-0.1, -0.05) is 6.07 Å². The summed E-state index contributed by atoms with van der Waals surface area (Å²) in [6.07, 6.45) is 3.75. The van der Waals surface area contributed by atoms with Crippen molar-refractivity contribution < 1.29 is 0 Å². The minimum Gasteiger partial charge on any atom is -0.356 e. The fourth-order valence-corrected chi connectivity index (χ4v) is 1.45. The number of imidazole rings is 1. The van der Waals surface area contributed by atoms with Crippen LogP contribution in [-0.2, 0) is 0 Å². The lowest BCUT2D eigenvalue weighted by Crippen LogP contribution is -2.05. The van der Waals surface area contributed by atoms with Crippen LogP contribution >= 0.6 is 0 Å². The summed E-state index contributed by atoms with van der Waals surface area (Å²) in [4.78, 5) is 8.68. The number of nitrogens with one attached hydrogen (secondary N) is 1. The third-order valence-electron chi connectivity index (χ3n) is 2.06. The average molecular weight is 202 g/mol. The molecule has 1 N–H and O–H groups in total. The highest BCUT2D eigenvalue weighted by molar-refractivity contribution is 5.38. The number of hydrogen-bond donors (Lipinski definition) is 1. The van der Waals surface area contributed by atoms with Crippen LogP contribution < -0.4 is 5.32 Å². The van der Waals surface area contributed by atoms with E-state index in [0.29, 0.717) is 0 Å². The van der Waals surface area contributed by atoms with Crippen LogP contribution in [0.1, 0.15) is 12.6 Å². The molecule has 15 heavy (non-hydrogen) atoms. The molecule has 0 saturated heterocycles. The van der Waals surface area contributed by atoms with Crippen LogP contribution in [0.15, 0.2) is 30.6 Å². The van der Waals surface area contributed by atoms with E-state index in [9.17, 15) is 0 Å². The highest BCUT2D eigenvalue weighted by atomic mass is 15.2. The topological polar surface area (TPSA) is 42.7 Å². The van der Waals surface area contributed by atoms with E-state index in [-0.39, 0.29) is 0 Å². The molecular weight excluding hydrogens is 188 g/mol. The summed E-state index contributed by atoms with van der Waals surface area (Å²) in [5, 5.41) is 3.21. The van der Waals surface area contributed by atoms with Gasteiger partial charge in [-0.3, -0.25) is 4.57 Å². The predicted molar refractivity (Wildman–Crippen MR) is 60.3 cm³/mol. The highest BCUT2D eigenvalue weighted by Gasteiger charge is 2.06. The molecule has 4 heteroatoms. The third kappa shape index (κ3) is 1.98. The van der Waals surface area contributed by atoms with Gasteiger partial charge in [0, 0.05) is 18.9 Å². The number of anilines is 1. The Balaban J connectivity index is 2.43. The number of aromatic nitrogens is 3. The quantitative estimate of drug-likeness (QED) is 0.827. The Morgan fingerprint density at radius 3 is 2.93 bits per heavy atom. The van der Waals surface area contributed by atoms with Crippen molar-refractivity contribution in [2.24, 2.45) is 0 Å². The summed E-state index contributed by atoms with van der Waals surface area (Å²) in [5.41, 5.74) is 0.983. The lowest BCUT2D eigenvalue weighted by atomic mass is 10.4. The summed E-state index contributed by atoms with van der Waals surface area (Å²) in [6.45, 7) is 4.87. The number of nitrogens with zero attached hydrogens (tertiary/aromatic N) is 3. The maximum atomic E-state index is 4.39. The fourth-order valence-electron chi connectivity index (χ4n) is 1.45. The van der Waals surface area contributed by atoms with Gasteiger partial charge >= 0.3 is 0 Å². The van der Waals surface area contributed by atoms with Crippen molar-refractivity contribution in [2.45, 2.75) is 13.8 Å². The van der Waals surface area contributed by atoms with Crippen molar-refractivity contribution in [1.82, 2.24) is 14.5 Å². The van der Waals surface area contributed by atoms with E-state index in [1.165, 1.54) is 0 Å². The van der Waals surface area contributed by atoms with Gasteiger partial charge in [-0.05, 0) is 26.0 Å². The molecule has 4 nitrogen and oxygen atoms in total. The van der Waals surface area contributed by atoms with E-state index in [2.05, 4.69) is 15.3 Å². The summed E-state index contributed by atoms with van der Waals surface area (Å²) in [6, 6.07) is 5.83. The van der Waals surface area contributed by atoms with E-state index in [4.69, 9.17) is 0 Å². The van der Waals surface area contributed by atoms with Crippen molar-refractivity contribution in [3.05, 3.63) is 36.3 Å². The molecule has 2 rings (SSSR count). The molecule has 2 heterocycles. The van der Waals surface area contributed by atoms with E-state index >= 15 is 0 Å². The molecule has 0 amide bonds. The maximum absolute atomic E-state index is 4.39. The molecule has 0 aliphatic carbocycles. The molecule has 0 radical (unpaired) electrons. The van der Waals surface area contributed by atoms with Crippen LogP contribution in [0.3, 0.4) is 0 Å². The minimum atomic E-state index is 0.841. The Morgan fingerprint density at radius 2 is 2.27 bits per heavy atom. The molecular formula is C11H14N4. The minimum absolute atomic E-state index is 0.841. The Bertz CT molecular complexity index is 433. The summed E-state index contributed by atoms with van der Waals surface area (Å²) in [7, 11) is 0. The number of aryl methyl sites for hydroxylation is 1. The first-order valence-electron chi connectivity index (χ1n) is 5.02. The van der Waals surface area contributed by atoms with Gasteiger partial charge in [0.25, 0.3) is 0 Å². The molecule has 78 valence electrons. The van der Waals surface area contributed by atoms with Gasteiger partial charge < -0.3 is 5.32 Å². The molecule has 0 aromatic carbocycles. The molecule has 2 aromatic rings. The third-order valence-corrected chi connectivity index (χ3v) is 2.06. The first-order valence-corrected chi connectivity index (χ1v) is 5.02. The van der Waals surface area contributed by atoms with Crippen LogP contribution in [0, 0.1) is 6.92 Å². The molecule has 0 spiro atoms. The van der Waals surface area contributed by atoms with Gasteiger partial charge in [0.2, 0.25) is 5.95 Å². The van der Waals surface area contributed by atoms with E-state index < -0.39 is 0 Å². The van der Waals surface area contributed by atoms with Crippen molar-refractivity contribution in [1.29, 1.82) is 0 Å². The Morgan fingerprint density at radius 1 is 1.40 bits per heavy atom. The molecule has 0 saturated carbocycles. The summed E-state index contributed by atoms with van der Waals surface area (Å²) < 4.78 is 1.96. The molecule has 2 aromatic heterocycles. The second kappa shape index (κ2) is 4.13. The van der Waals surface area contributed by atoms with E-state index in [0.717, 1.165) is 24.0 Å². The number of rotatable bonds is 3. The van der Waals surface area contributed by atoms with Gasteiger partial charge in [-0.25, -0.2) is 9.97 Å². The van der Waals surface area contributed by atoms with Crippen LogP contribution in [0.2, 0.25) is 0 Å². The van der Waals surface area contributed by atoms with Gasteiger partial charge in [-0.2, -0.15) is 0 Å². The van der Waals surface area contributed by atoms with Crippen LogP contribution in [-0.4, -0.2) is 21.1 Å². The van der Waals surface area contributed by atoms with E-state index in [1.54, 1.807) is 6.20 Å². The molecule has 0 fully saturated rings.